The predicted octanol–water partition coefficient (Wildman–Crippen LogP) is 18.4. The van der Waals surface area contributed by atoms with E-state index in [1.807, 2.05) is 12.3 Å². The van der Waals surface area contributed by atoms with Gasteiger partial charge in [0.1, 0.15) is 11.6 Å². The monoisotopic (exact) mass is 969 g/mol. The zero-order chi connectivity index (χ0) is 52.2. The van der Waals surface area contributed by atoms with Crippen LogP contribution in [0.15, 0.2) is 170 Å². The van der Waals surface area contributed by atoms with E-state index in [1.54, 1.807) is 0 Å². The molecule has 0 fully saturated rings. The standard InChI is InChI=1S/C69H68N4O/c1-66(2,3)47-28-30-51-42(35-47)27-31-57(69(10,11)12)62(51)44-26-29-55(61(74)39-44)65-71-63-56(40-49(68(7,8)9)41-60(63)72(65)13)45-34-46(37-48(36-45)67(4,5)6)58-38-43(32-33-70-58)52-23-19-24-54-53-22-17-18-25-59(53)73(64(52)54)50-20-15-14-16-21-50/h14-41,74H,1-13H3. The molecule has 0 unspecified atom stereocenters. The maximum atomic E-state index is 12.2. The van der Waals surface area contributed by atoms with E-state index >= 15 is 0 Å². The first kappa shape index (κ1) is 48.5. The highest BCUT2D eigenvalue weighted by Crippen LogP contribution is 2.45. The molecule has 0 atom stereocenters. The maximum absolute atomic E-state index is 12.2. The minimum atomic E-state index is -0.167. The van der Waals surface area contributed by atoms with E-state index in [0.717, 1.165) is 61.4 Å². The molecule has 5 nitrogen and oxygen atoms in total. The molecule has 0 saturated heterocycles. The predicted molar refractivity (Wildman–Crippen MR) is 314 cm³/mol. The molecular formula is C69H68N4O. The van der Waals surface area contributed by atoms with Gasteiger partial charge in [-0.05, 0) is 144 Å². The number of phenolic OH excluding ortho intramolecular Hbond substituents is 1. The van der Waals surface area contributed by atoms with Crippen molar-refractivity contribution in [2.45, 2.75) is 105 Å². The largest absolute Gasteiger partial charge is 0.507 e. The molecule has 0 amide bonds. The number of pyridine rings is 1. The van der Waals surface area contributed by atoms with Gasteiger partial charge in [0.05, 0.1) is 33.3 Å². The van der Waals surface area contributed by atoms with E-state index < -0.39 is 0 Å². The fraction of sp³-hybridized carbons (Fsp3) is 0.246. The summed E-state index contributed by atoms with van der Waals surface area (Å²) >= 11 is 0. The molecule has 3 heterocycles. The topological polar surface area (TPSA) is 55.9 Å². The molecule has 3 aromatic heterocycles. The number of rotatable bonds is 6. The first-order chi connectivity index (χ1) is 35.0. The number of para-hydroxylation sites is 3. The van der Waals surface area contributed by atoms with Crippen LogP contribution >= 0.6 is 0 Å². The Morgan fingerprint density at radius 3 is 1.85 bits per heavy atom. The van der Waals surface area contributed by atoms with Crippen LogP contribution in [0.1, 0.15) is 105 Å². The van der Waals surface area contributed by atoms with Crippen LogP contribution in [0, 0.1) is 0 Å². The molecule has 0 bridgehead atoms. The lowest BCUT2D eigenvalue weighted by atomic mass is 9.78. The molecule has 0 aliphatic heterocycles. The van der Waals surface area contributed by atoms with Crippen molar-refractivity contribution >= 4 is 43.6 Å². The summed E-state index contributed by atoms with van der Waals surface area (Å²) in [5.41, 5.74) is 19.1. The number of imidazole rings is 1. The molecule has 370 valence electrons. The zero-order valence-corrected chi connectivity index (χ0v) is 45.4. The van der Waals surface area contributed by atoms with Crippen LogP contribution in [0.5, 0.6) is 5.75 Å². The summed E-state index contributed by atoms with van der Waals surface area (Å²) in [5, 5.41) is 17.1. The van der Waals surface area contributed by atoms with E-state index in [9.17, 15) is 5.11 Å². The fourth-order valence-electron chi connectivity index (χ4n) is 11.0. The molecule has 1 N–H and O–H groups in total. The van der Waals surface area contributed by atoms with E-state index in [0.29, 0.717) is 11.4 Å². The van der Waals surface area contributed by atoms with Gasteiger partial charge in [-0.3, -0.25) is 4.98 Å². The first-order valence-electron chi connectivity index (χ1n) is 26.2. The van der Waals surface area contributed by atoms with E-state index in [4.69, 9.17) is 9.97 Å². The number of nitrogens with zero attached hydrogens (tertiary/aromatic N) is 4. The van der Waals surface area contributed by atoms with Crippen LogP contribution in [0.2, 0.25) is 0 Å². The second-order valence-corrected chi connectivity index (χ2v) is 24.7. The highest BCUT2D eigenvalue weighted by atomic mass is 16.3. The molecule has 0 saturated carbocycles. The molecule has 8 aromatic carbocycles. The Bertz CT molecular complexity index is 4010. The third-order valence-electron chi connectivity index (χ3n) is 15.3. The normalized spacial score (nSPS) is 12.7. The Labute approximate surface area is 437 Å². The zero-order valence-electron chi connectivity index (χ0n) is 45.4. The molecule has 0 aliphatic rings. The van der Waals surface area contributed by atoms with Gasteiger partial charge >= 0.3 is 0 Å². The van der Waals surface area contributed by atoms with Gasteiger partial charge in [0.15, 0.2) is 0 Å². The van der Waals surface area contributed by atoms with Gasteiger partial charge in [0.2, 0.25) is 0 Å². The van der Waals surface area contributed by atoms with Crippen molar-refractivity contribution in [3.8, 4) is 67.5 Å². The molecule has 0 radical (unpaired) electrons. The van der Waals surface area contributed by atoms with E-state index in [2.05, 4.69) is 257 Å². The van der Waals surface area contributed by atoms with Gasteiger partial charge in [0.25, 0.3) is 0 Å². The van der Waals surface area contributed by atoms with Crippen LogP contribution in [-0.4, -0.2) is 24.2 Å². The van der Waals surface area contributed by atoms with Crippen LogP contribution in [0.25, 0.3) is 105 Å². The Hall–Kier alpha value is -7.76. The second-order valence-electron chi connectivity index (χ2n) is 24.7. The number of aryl methyl sites for hydroxylation is 1. The van der Waals surface area contributed by atoms with Gasteiger partial charge in [-0.1, -0.05) is 180 Å². The van der Waals surface area contributed by atoms with Crippen LogP contribution < -0.4 is 0 Å². The first-order valence-corrected chi connectivity index (χ1v) is 26.2. The van der Waals surface area contributed by atoms with Crippen molar-refractivity contribution in [1.29, 1.82) is 0 Å². The third kappa shape index (κ3) is 8.46. The molecule has 11 rings (SSSR count). The lowest BCUT2D eigenvalue weighted by molar-refractivity contribution is 0.477. The van der Waals surface area contributed by atoms with E-state index in [-0.39, 0.29) is 27.4 Å². The lowest BCUT2D eigenvalue weighted by Gasteiger charge is -2.26. The highest BCUT2D eigenvalue weighted by molar-refractivity contribution is 6.14. The SMILES string of the molecule is Cn1c(-c2ccc(-c3c(C(C)(C)C)ccc4cc(C(C)(C)C)ccc34)cc2O)nc2c(-c3cc(-c4cc(-c5cccc6c7ccccc7n(-c7ccccc7)c56)ccn4)cc(C(C)(C)C)c3)cc(C(C)(C)C)cc21. The van der Waals surface area contributed by atoms with Gasteiger partial charge in [0, 0.05) is 46.4 Å². The Kier molecular flexibility index (Phi) is 11.4. The van der Waals surface area contributed by atoms with E-state index in [1.165, 1.54) is 54.8 Å². The summed E-state index contributed by atoms with van der Waals surface area (Å²) in [6, 6.07) is 59.5. The molecule has 5 heteroatoms. The second kappa shape index (κ2) is 17.4. The van der Waals surface area contributed by atoms with Crippen molar-refractivity contribution in [1.82, 2.24) is 19.1 Å². The number of hydrogen-bond donors (Lipinski definition) is 1. The number of aromatic nitrogens is 4. The Morgan fingerprint density at radius 2 is 1.14 bits per heavy atom. The summed E-state index contributed by atoms with van der Waals surface area (Å²) in [6.07, 6.45) is 1.96. The van der Waals surface area contributed by atoms with Crippen molar-refractivity contribution in [2.24, 2.45) is 7.05 Å². The summed E-state index contributed by atoms with van der Waals surface area (Å²) in [6.45, 7) is 27.2. The van der Waals surface area contributed by atoms with Crippen molar-refractivity contribution < 1.29 is 5.11 Å². The summed E-state index contributed by atoms with van der Waals surface area (Å²) in [4.78, 5) is 10.6. The number of hydrogen-bond acceptors (Lipinski definition) is 3. The van der Waals surface area contributed by atoms with Crippen molar-refractivity contribution in [3.05, 3.63) is 192 Å². The van der Waals surface area contributed by atoms with Crippen molar-refractivity contribution in [3.63, 3.8) is 0 Å². The minimum Gasteiger partial charge on any atom is -0.507 e. The minimum absolute atomic E-state index is 0.0286. The van der Waals surface area contributed by atoms with Crippen LogP contribution in [0.4, 0.5) is 0 Å². The van der Waals surface area contributed by atoms with Gasteiger partial charge < -0.3 is 14.2 Å². The number of aromatic hydroxyl groups is 1. The molecular weight excluding hydrogens is 901 g/mol. The molecule has 0 spiro atoms. The molecule has 74 heavy (non-hydrogen) atoms. The quantitative estimate of drug-likeness (QED) is 0.181. The Morgan fingerprint density at radius 1 is 0.446 bits per heavy atom. The van der Waals surface area contributed by atoms with Gasteiger partial charge in [-0.2, -0.15) is 0 Å². The number of fused-ring (bicyclic) bond motifs is 5. The third-order valence-corrected chi connectivity index (χ3v) is 15.3. The summed E-state index contributed by atoms with van der Waals surface area (Å²) in [7, 11) is 2.08. The van der Waals surface area contributed by atoms with Gasteiger partial charge in [-0.25, -0.2) is 4.98 Å². The molecule has 0 aliphatic carbocycles. The number of phenols is 1. The average molecular weight is 969 g/mol. The maximum Gasteiger partial charge on any atom is 0.144 e. The van der Waals surface area contributed by atoms with Gasteiger partial charge in [-0.15, -0.1) is 0 Å². The number of benzene rings is 8. The smallest absolute Gasteiger partial charge is 0.144 e. The Balaban J connectivity index is 1.06. The summed E-state index contributed by atoms with van der Waals surface area (Å²) in [5.74, 6) is 0.910. The van der Waals surface area contributed by atoms with Crippen LogP contribution in [-0.2, 0) is 28.7 Å². The van der Waals surface area contributed by atoms with Crippen LogP contribution in [0.3, 0.4) is 0 Å². The highest BCUT2D eigenvalue weighted by Gasteiger charge is 2.27. The molecule has 11 aromatic rings. The van der Waals surface area contributed by atoms with Crippen molar-refractivity contribution in [2.75, 3.05) is 0 Å². The average Bonchev–Trinajstić information content (AvgIpc) is 3.90. The lowest BCUT2D eigenvalue weighted by Crippen LogP contribution is -2.14. The fourth-order valence-corrected chi connectivity index (χ4v) is 11.0. The summed E-state index contributed by atoms with van der Waals surface area (Å²) < 4.78 is 4.56.